The molecule has 0 fully saturated rings. The zero-order valence-electron chi connectivity index (χ0n) is 12.8. The Balaban J connectivity index is 2.35. The molecule has 21 heavy (non-hydrogen) atoms. The molecule has 0 saturated heterocycles. The first-order chi connectivity index (χ1) is 10.2. The van der Waals surface area contributed by atoms with Gasteiger partial charge in [0, 0.05) is 6.54 Å². The second kappa shape index (κ2) is 7.22. The summed E-state index contributed by atoms with van der Waals surface area (Å²) in [5.74, 6) is 0.557. The molecule has 1 N–H and O–H groups in total. The molecular formula is C16H22FN3O. The zero-order chi connectivity index (χ0) is 15.2. The van der Waals surface area contributed by atoms with E-state index >= 15 is 0 Å². The SMILES string of the molecule is CCNC(Cc1ccccc1F)c1c(OC)cnn1CC. The van der Waals surface area contributed by atoms with Crippen molar-refractivity contribution in [3.8, 4) is 5.75 Å². The second-order valence-electron chi connectivity index (χ2n) is 4.82. The summed E-state index contributed by atoms with van der Waals surface area (Å²) >= 11 is 0. The number of aryl methyl sites for hydroxylation is 1. The number of nitrogens with one attached hydrogen (secondary N) is 1. The van der Waals surface area contributed by atoms with E-state index in [-0.39, 0.29) is 11.9 Å². The van der Waals surface area contributed by atoms with E-state index in [4.69, 9.17) is 4.74 Å². The third kappa shape index (κ3) is 3.42. The quantitative estimate of drug-likeness (QED) is 0.852. The molecule has 1 atom stereocenters. The first-order valence-corrected chi connectivity index (χ1v) is 7.27. The van der Waals surface area contributed by atoms with Crippen LogP contribution in [0.2, 0.25) is 0 Å². The molecule has 0 amide bonds. The molecule has 0 aliphatic carbocycles. The number of benzene rings is 1. The van der Waals surface area contributed by atoms with Crippen molar-refractivity contribution in [1.82, 2.24) is 15.1 Å². The lowest BCUT2D eigenvalue weighted by Gasteiger charge is -2.20. The van der Waals surface area contributed by atoms with Gasteiger partial charge in [-0.1, -0.05) is 25.1 Å². The van der Waals surface area contributed by atoms with Gasteiger partial charge in [0.2, 0.25) is 0 Å². The number of hydrogen-bond acceptors (Lipinski definition) is 3. The lowest BCUT2D eigenvalue weighted by Crippen LogP contribution is -2.26. The Morgan fingerprint density at radius 2 is 2.10 bits per heavy atom. The van der Waals surface area contributed by atoms with Crippen molar-refractivity contribution < 1.29 is 9.13 Å². The molecule has 1 unspecified atom stereocenters. The standard InChI is InChI=1S/C16H22FN3O/c1-4-18-14(10-12-8-6-7-9-13(12)17)16-15(21-3)11-19-20(16)5-2/h6-9,11,14,18H,4-5,10H2,1-3H3. The lowest BCUT2D eigenvalue weighted by molar-refractivity contribution is 0.390. The van der Waals surface area contributed by atoms with Gasteiger partial charge in [-0.3, -0.25) is 4.68 Å². The van der Waals surface area contributed by atoms with Crippen molar-refractivity contribution in [2.24, 2.45) is 0 Å². The van der Waals surface area contributed by atoms with E-state index < -0.39 is 0 Å². The number of rotatable bonds is 7. The van der Waals surface area contributed by atoms with Crippen LogP contribution in [0.5, 0.6) is 5.75 Å². The van der Waals surface area contributed by atoms with Crippen molar-refractivity contribution in [3.05, 3.63) is 47.5 Å². The van der Waals surface area contributed by atoms with Crippen LogP contribution in [0, 0.1) is 5.82 Å². The number of methoxy groups -OCH3 is 1. The van der Waals surface area contributed by atoms with Gasteiger partial charge in [-0.25, -0.2) is 4.39 Å². The molecule has 1 heterocycles. The van der Waals surface area contributed by atoms with E-state index in [0.29, 0.717) is 12.0 Å². The van der Waals surface area contributed by atoms with E-state index in [2.05, 4.69) is 10.4 Å². The highest BCUT2D eigenvalue weighted by Gasteiger charge is 2.22. The maximum atomic E-state index is 13.9. The van der Waals surface area contributed by atoms with Gasteiger partial charge in [-0.2, -0.15) is 5.10 Å². The number of hydrogen-bond donors (Lipinski definition) is 1. The normalized spacial score (nSPS) is 12.4. The molecule has 0 spiro atoms. The molecule has 0 saturated carbocycles. The molecule has 1 aromatic carbocycles. The first-order valence-electron chi connectivity index (χ1n) is 7.27. The molecule has 0 bridgehead atoms. The van der Waals surface area contributed by atoms with Crippen molar-refractivity contribution in [1.29, 1.82) is 0 Å². The molecule has 0 radical (unpaired) electrons. The van der Waals surface area contributed by atoms with Crippen molar-refractivity contribution in [2.75, 3.05) is 13.7 Å². The average molecular weight is 291 g/mol. The Labute approximate surface area is 124 Å². The highest BCUT2D eigenvalue weighted by atomic mass is 19.1. The fourth-order valence-corrected chi connectivity index (χ4v) is 2.53. The summed E-state index contributed by atoms with van der Waals surface area (Å²) in [6.45, 7) is 5.60. The summed E-state index contributed by atoms with van der Waals surface area (Å²) in [6.07, 6.45) is 2.27. The largest absolute Gasteiger partial charge is 0.493 e. The second-order valence-corrected chi connectivity index (χ2v) is 4.82. The minimum atomic E-state index is -0.179. The van der Waals surface area contributed by atoms with Crippen molar-refractivity contribution in [2.45, 2.75) is 32.9 Å². The van der Waals surface area contributed by atoms with Crippen LogP contribution in [0.25, 0.3) is 0 Å². The van der Waals surface area contributed by atoms with Crippen LogP contribution in [0.3, 0.4) is 0 Å². The summed E-state index contributed by atoms with van der Waals surface area (Å²) in [7, 11) is 1.63. The number of aromatic nitrogens is 2. The number of nitrogens with zero attached hydrogens (tertiary/aromatic N) is 2. The van der Waals surface area contributed by atoms with Gasteiger partial charge in [-0.15, -0.1) is 0 Å². The minimum absolute atomic E-state index is 0.0377. The van der Waals surface area contributed by atoms with Gasteiger partial charge in [0.25, 0.3) is 0 Å². The van der Waals surface area contributed by atoms with E-state index in [1.54, 1.807) is 19.4 Å². The topological polar surface area (TPSA) is 39.1 Å². The molecule has 1 aromatic heterocycles. The Morgan fingerprint density at radius 3 is 2.71 bits per heavy atom. The highest BCUT2D eigenvalue weighted by molar-refractivity contribution is 5.30. The van der Waals surface area contributed by atoms with E-state index in [9.17, 15) is 4.39 Å². The minimum Gasteiger partial charge on any atom is -0.493 e. The van der Waals surface area contributed by atoms with Gasteiger partial charge in [0.15, 0.2) is 5.75 Å². The van der Waals surface area contributed by atoms with Gasteiger partial charge >= 0.3 is 0 Å². The summed E-state index contributed by atoms with van der Waals surface area (Å²) < 4.78 is 21.2. The first kappa shape index (κ1) is 15.5. The predicted octanol–water partition coefficient (Wildman–Crippen LogP) is 2.94. The Hall–Kier alpha value is -1.88. The summed E-state index contributed by atoms with van der Waals surface area (Å²) in [5, 5.41) is 7.73. The molecule has 2 aromatic rings. The molecular weight excluding hydrogens is 269 g/mol. The van der Waals surface area contributed by atoms with Crippen LogP contribution in [-0.4, -0.2) is 23.4 Å². The van der Waals surface area contributed by atoms with E-state index in [0.717, 1.165) is 24.5 Å². The molecule has 114 valence electrons. The maximum Gasteiger partial charge on any atom is 0.161 e. The van der Waals surface area contributed by atoms with Gasteiger partial charge < -0.3 is 10.1 Å². The summed E-state index contributed by atoms with van der Waals surface area (Å²) in [6, 6.07) is 6.84. The lowest BCUT2D eigenvalue weighted by atomic mass is 10.0. The fourth-order valence-electron chi connectivity index (χ4n) is 2.53. The van der Waals surface area contributed by atoms with Crippen LogP contribution in [-0.2, 0) is 13.0 Å². The molecule has 0 aliphatic heterocycles. The average Bonchev–Trinajstić information content (AvgIpc) is 2.91. The van der Waals surface area contributed by atoms with Crippen molar-refractivity contribution in [3.63, 3.8) is 0 Å². The third-order valence-electron chi connectivity index (χ3n) is 3.53. The van der Waals surface area contributed by atoms with Crippen molar-refractivity contribution >= 4 is 0 Å². The molecule has 2 rings (SSSR count). The smallest absolute Gasteiger partial charge is 0.161 e. The van der Waals surface area contributed by atoms with Crippen LogP contribution >= 0.6 is 0 Å². The van der Waals surface area contributed by atoms with Crippen LogP contribution in [0.4, 0.5) is 4.39 Å². The summed E-state index contributed by atoms with van der Waals surface area (Å²) in [5.41, 5.74) is 1.65. The van der Waals surface area contributed by atoms with Gasteiger partial charge in [0.1, 0.15) is 5.82 Å². The molecule has 4 nitrogen and oxygen atoms in total. The monoisotopic (exact) mass is 291 g/mol. The van der Waals surface area contributed by atoms with E-state index in [1.165, 1.54) is 6.07 Å². The molecule has 0 aliphatic rings. The molecule has 5 heteroatoms. The maximum absolute atomic E-state index is 13.9. The third-order valence-corrected chi connectivity index (χ3v) is 3.53. The fraction of sp³-hybridized carbons (Fsp3) is 0.438. The predicted molar refractivity (Wildman–Crippen MR) is 81.0 cm³/mol. The Morgan fingerprint density at radius 1 is 1.33 bits per heavy atom. The number of ether oxygens (including phenoxy) is 1. The number of likely N-dealkylation sites (N-methyl/N-ethyl adjacent to an activating group) is 1. The van der Waals surface area contributed by atoms with Crippen LogP contribution in [0.15, 0.2) is 30.5 Å². The van der Waals surface area contributed by atoms with E-state index in [1.807, 2.05) is 30.7 Å². The Bertz CT molecular complexity index is 561. The van der Waals surface area contributed by atoms with Gasteiger partial charge in [0.05, 0.1) is 25.0 Å². The van der Waals surface area contributed by atoms with Crippen LogP contribution in [0.1, 0.15) is 31.1 Å². The highest BCUT2D eigenvalue weighted by Crippen LogP contribution is 2.28. The number of halogens is 1. The zero-order valence-corrected chi connectivity index (χ0v) is 12.8. The van der Waals surface area contributed by atoms with Crippen LogP contribution < -0.4 is 10.1 Å². The summed E-state index contributed by atoms with van der Waals surface area (Å²) in [4.78, 5) is 0. The van der Waals surface area contributed by atoms with Gasteiger partial charge in [-0.05, 0) is 31.5 Å². The Kier molecular flexibility index (Phi) is 5.33.